The van der Waals surface area contributed by atoms with E-state index < -0.39 is 0 Å². The van der Waals surface area contributed by atoms with Crippen LogP contribution in [-0.2, 0) is 0 Å². The van der Waals surface area contributed by atoms with E-state index in [1.165, 1.54) is 0 Å². The highest BCUT2D eigenvalue weighted by Crippen LogP contribution is 2.48. The fourth-order valence-electron chi connectivity index (χ4n) is 5.40. The van der Waals surface area contributed by atoms with Crippen molar-refractivity contribution in [2.45, 2.75) is 19.9 Å². The van der Waals surface area contributed by atoms with Crippen molar-refractivity contribution in [3.63, 3.8) is 0 Å². The van der Waals surface area contributed by atoms with Crippen molar-refractivity contribution in [1.29, 1.82) is 0 Å². The van der Waals surface area contributed by atoms with Gasteiger partial charge in [0.2, 0.25) is 0 Å². The van der Waals surface area contributed by atoms with Gasteiger partial charge < -0.3 is 10.2 Å². The van der Waals surface area contributed by atoms with Gasteiger partial charge in [-0.2, -0.15) is 5.10 Å². The van der Waals surface area contributed by atoms with Gasteiger partial charge in [0.15, 0.2) is 17.5 Å². The largest absolute Gasteiger partial charge is 0.337 e. The molecular weight excluding hydrogens is 539 g/mol. The third kappa shape index (κ3) is 4.08. The third-order valence-electron chi connectivity index (χ3n) is 7.18. The van der Waals surface area contributed by atoms with Crippen LogP contribution in [0.25, 0.3) is 5.69 Å². The van der Waals surface area contributed by atoms with Crippen molar-refractivity contribution in [1.82, 2.24) is 9.78 Å². The van der Waals surface area contributed by atoms with Gasteiger partial charge in [-0.3, -0.25) is 0 Å². The summed E-state index contributed by atoms with van der Waals surface area (Å²) in [6.07, 6.45) is 0. The van der Waals surface area contributed by atoms with Gasteiger partial charge in [-0.15, -0.1) is 0 Å². The van der Waals surface area contributed by atoms with Gasteiger partial charge in [0.1, 0.15) is 0 Å². The first-order chi connectivity index (χ1) is 19.5. The molecule has 0 fully saturated rings. The number of aliphatic imine (C=N–C) groups is 2. The second-order valence-corrected chi connectivity index (χ2v) is 10.7. The van der Waals surface area contributed by atoms with Crippen LogP contribution in [0.5, 0.6) is 0 Å². The number of rotatable bonds is 3. The number of anilines is 2. The zero-order valence-electron chi connectivity index (χ0n) is 21.8. The van der Waals surface area contributed by atoms with E-state index >= 15 is 0 Å². The summed E-state index contributed by atoms with van der Waals surface area (Å²) in [4.78, 5) is 12.6. The summed E-state index contributed by atoms with van der Waals surface area (Å²) in [5.74, 6) is 2.10. The maximum Gasteiger partial charge on any atom is 0.179 e. The number of benzene rings is 4. The van der Waals surface area contributed by atoms with E-state index in [4.69, 9.17) is 38.3 Å². The van der Waals surface area contributed by atoms with Crippen molar-refractivity contribution in [3.05, 3.63) is 129 Å². The lowest BCUT2D eigenvalue weighted by Gasteiger charge is -2.40. The van der Waals surface area contributed by atoms with Gasteiger partial charge in [-0.1, -0.05) is 71.7 Å². The van der Waals surface area contributed by atoms with Crippen LogP contribution in [-0.4, -0.2) is 21.5 Å². The summed E-state index contributed by atoms with van der Waals surface area (Å²) in [7, 11) is 0. The molecule has 0 saturated carbocycles. The number of para-hydroxylation sites is 3. The van der Waals surface area contributed by atoms with Gasteiger partial charge in [0.05, 0.1) is 38.8 Å². The summed E-state index contributed by atoms with van der Waals surface area (Å²) in [6.45, 7) is 4.10. The molecule has 1 N–H and O–H groups in total. The molecule has 0 aliphatic carbocycles. The Hall–Kier alpha value is -4.39. The topological polar surface area (TPSA) is 57.8 Å². The number of hydrogen-bond donors (Lipinski definition) is 1. The lowest BCUT2D eigenvalue weighted by atomic mass is 9.93. The molecule has 4 aromatic carbocycles. The second kappa shape index (κ2) is 9.66. The van der Waals surface area contributed by atoms with E-state index in [1.54, 1.807) is 0 Å². The molecular formula is C32H24Cl2N6. The SMILES string of the molecule is Cc1cccc(NC2=Nc3ccccc3N3C2=Nc2c(c(C)nn2-c2ccccc2)C3c2ccc(Cl)c(Cl)c2)c1. The average Bonchev–Trinajstić information content (AvgIpc) is 3.30. The zero-order valence-corrected chi connectivity index (χ0v) is 23.3. The number of fused-ring (bicyclic) bond motifs is 4. The van der Waals surface area contributed by atoms with E-state index in [0.29, 0.717) is 21.7 Å². The Labute approximate surface area is 242 Å². The molecule has 196 valence electrons. The molecule has 0 amide bonds. The Morgan fingerprint density at radius 1 is 0.775 bits per heavy atom. The number of halogens is 2. The van der Waals surface area contributed by atoms with E-state index in [9.17, 15) is 0 Å². The first-order valence-corrected chi connectivity index (χ1v) is 13.7. The van der Waals surface area contributed by atoms with Crippen molar-refractivity contribution >= 4 is 57.8 Å². The molecule has 0 saturated heterocycles. The molecule has 1 aromatic heterocycles. The highest BCUT2D eigenvalue weighted by atomic mass is 35.5. The number of hydrogen-bond acceptors (Lipinski definition) is 5. The van der Waals surface area contributed by atoms with Crippen molar-refractivity contribution in [3.8, 4) is 5.69 Å². The minimum atomic E-state index is -0.277. The minimum Gasteiger partial charge on any atom is -0.337 e. The Morgan fingerprint density at radius 3 is 2.38 bits per heavy atom. The number of nitrogens with zero attached hydrogens (tertiary/aromatic N) is 5. The summed E-state index contributed by atoms with van der Waals surface area (Å²) in [5.41, 5.74) is 7.67. The molecule has 0 bridgehead atoms. The summed E-state index contributed by atoms with van der Waals surface area (Å²) >= 11 is 13.0. The molecule has 2 aliphatic rings. The maximum absolute atomic E-state index is 6.59. The van der Waals surface area contributed by atoms with Gasteiger partial charge >= 0.3 is 0 Å². The van der Waals surface area contributed by atoms with Crippen LogP contribution in [0, 0.1) is 13.8 Å². The molecule has 8 heteroatoms. The van der Waals surface area contributed by atoms with Crippen molar-refractivity contribution < 1.29 is 0 Å². The average molecular weight is 563 g/mol. The maximum atomic E-state index is 6.59. The lowest BCUT2D eigenvalue weighted by molar-refractivity contribution is 0.815. The monoisotopic (exact) mass is 562 g/mol. The number of aromatic nitrogens is 2. The van der Waals surface area contributed by atoms with E-state index in [0.717, 1.165) is 51.0 Å². The first kappa shape index (κ1) is 24.6. The van der Waals surface area contributed by atoms with Crippen molar-refractivity contribution in [2.75, 3.05) is 10.2 Å². The zero-order chi connectivity index (χ0) is 27.4. The normalized spacial score (nSPS) is 15.5. The molecule has 0 radical (unpaired) electrons. The molecule has 3 heterocycles. The predicted octanol–water partition coefficient (Wildman–Crippen LogP) is 8.59. The first-order valence-electron chi connectivity index (χ1n) is 13.0. The number of aryl methyl sites for hydroxylation is 2. The molecule has 40 heavy (non-hydrogen) atoms. The fourth-order valence-corrected chi connectivity index (χ4v) is 5.71. The molecule has 6 nitrogen and oxygen atoms in total. The molecule has 1 atom stereocenters. The van der Waals surface area contributed by atoms with Gasteiger partial charge in [-0.25, -0.2) is 14.7 Å². The van der Waals surface area contributed by atoms with Gasteiger partial charge in [-0.05, 0) is 73.5 Å². The van der Waals surface area contributed by atoms with Crippen LogP contribution in [0.3, 0.4) is 0 Å². The van der Waals surface area contributed by atoms with Crippen LogP contribution in [0.1, 0.15) is 28.4 Å². The smallest absolute Gasteiger partial charge is 0.179 e. The lowest BCUT2D eigenvalue weighted by Crippen LogP contribution is -2.46. The summed E-state index contributed by atoms with van der Waals surface area (Å²) in [5, 5.41) is 9.53. The highest BCUT2D eigenvalue weighted by Gasteiger charge is 2.41. The van der Waals surface area contributed by atoms with Gasteiger partial charge in [0.25, 0.3) is 0 Å². The Balaban J connectivity index is 1.51. The van der Waals surface area contributed by atoms with Crippen LogP contribution in [0.4, 0.5) is 22.9 Å². The van der Waals surface area contributed by atoms with Crippen LogP contribution >= 0.6 is 23.2 Å². The fraction of sp³-hybridized carbons (Fsp3) is 0.0938. The summed E-state index contributed by atoms with van der Waals surface area (Å²) in [6, 6.07) is 31.9. The van der Waals surface area contributed by atoms with Gasteiger partial charge in [0, 0.05) is 11.3 Å². The number of amidine groups is 2. The quantitative estimate of drug-likeness (QED) is 0.239. The minimum absolute atomic E-state index is 0.277. The van der Waals surface area contributed by atoms with E-state index in [2.05, 4.69) is 35.3 Å². The summed E-state index contributed by atoms with van der Waals surface area (Å²) < 4.78 is 1.91. The molecule has 2 aliphatic heterocycles. The van der Waals surface area contributed by atoms with Crippen molar-refractivity contribution in [2.24, 2.45) is 9.98 Å². The number of nitrogens with one attached hydrogen (secondary N) is 1. The van der Waals surface area contributed by atoms with Crippen LogP contribution in [0.2, 0.25) is 10.0 Å². The Kier molecular flexibility index (Phi) is 5.95. The Bertz CT molecular complexity index is 1840. The van der Waals surface area contributed by atoms with Crippen LogP contribution < -0.4 is 10.2 Å². The van der Waals surface area contributed by atoms with E-state index in [1.807, 2.05) is 90.5 Å². The van der Waals surface area contributed by atoms with Crippen LogP contribution in [0.15, 0.2) is 107 Å². The molecule has 1 unspecified atom stereocenters. The predicted molar refractivity (Wildman–Crippen MR) is 165 cm³/mol. The highest BCUT2D eigenvalue weighted by molar-refractivity contribution is 6.51. The Morgan fingerprint density at radius 2 is 1.57 bits per heavy atom. The molecule has 7 rings (SSSR count). The standard InChI is InChI=1S/C32H24Cl2N6/c1-19-9-8-10-22(17-19)35-30-32-37-31-28(20(2)38-40(31)23-11-4-3-5-12-23)29(21-15-16-24(33)25(34)18-21)39(32)27-14-7-6-13-26(27)36-30/h3-18,29H,1-2H3,(H,35,36). The molecule has 5 aromatic rings. The molecule has 0 spiro atoms. The van der Waals surface area contributed by atoms with E-state index in [-0.39, 0.29) is 6.04 Å². The third-order valence-corrected chi connectivity index (χ3v) is 7.92. The second-order valence-electron chi connectivity index (χ2n) is 9.90.